The van der Waals surface area contributed by atoms with E-state index < -0.39 is 0 Å². The van der Waals surface area contributed by atoms with Crippen molar-refractivity contribution in [3.63, 3.8) is 0 Å². The Kier molecular flexibility index (Phi) is 11.6. The molecule has 0 radical (unpaired) electrons. The molecule has 2 rings (SSSR count). The molecule has 1 aliphatic carbocycles. The minimum absolute atomic E-state index is 0. The van der Waals surface area contributed by atoms with Crippen molar-refractivity contribution in [1.29, 1.82) is 0 Å². The van der Waals surface area contributed by atoms with E-state index in [0.29, 0.717) is 12.0 Å². The molecule has 6 nitrogen and oxygen atoms in total. The van der Waals surface area contributed by atoms with Crippen molar-refractivity contribution in [1.82, 2.24) is 10.2 Å². The second-order valence-electron chi connectivity index (χ2n) is 7.06. The van der Waals surface area contributed by atoms with Crippen molar-refractivity contribution in [3.8, 4) is 11.5 Å². The number of hydrogen-bond acceptors (Lipinski definition) is 4. The van der Waals surface area contributed by atoms with Crippen molar-refractivity contribution in [2.24, 2.45) is 10.4 Å². The van der Waals surface area contributed by atoms with Crippen LogP contribution in [0.3, 0.4) is 0 Å². The minimum atomic E-state index is 0. The van der Waals surface area contributed by atoms with Gasteiger partial charge < -0.3 is 24.4 Å². The van der Waals surface area contributed by atoms with Crippen LogP contribution in [0.5, 0.6) is 11.5 Å². The number of nitrogens with zero attached hydrogens (tertiary/aromatic N) is 2. The van der Waals surface area contributed by atoms with Crippen LogP contribution in [-0.4, -0.2) is 64.5 Å². The molecule has 0 aromatic heterocycles. The quantitative estimate of drug-likeness (QED) is 0.203. The highest BCUT2D eigenvalue weighted by molar-refractivity contribution is 14.0. The van der Waals surface area contributed by atoms with Gasteiger partial charge in [-0.3, -0.25) is 4.99 Å². The lowest BCUT2D eigenvalue weighted by molar-refractivity contribution is 0.129. The van der Waals surface area contributed by atoms with Gasteiger partial charge in [0.25, 0.3) is 0 Å². The summed E-state index contributed by atoms with van der Waals surface area (Å²) in [6.45, 7) is 8.86. The molecule has 0 atom stereocenters. The second-order valence-corrected chi connectivity index (χ2v) is 7.06. The zero-order chi connectivity index (χ0) is 19.5. The van der Waals surface area contributed by atoms with Gasteiger partial charge in [-0.05, 0) is 62.8 Å². The molecule has 1 N–H and O–H groups in total. The normalized spacial score (nSPS) is 14.8. The zero-order valence-electron chi connectivity index (χ0n) is 17.7. The summed E-state index contributed by atoms with van der Waals surface area (Å²) in [5, 5.41) is 3.39. The Balaban J connectivity index is 0.00000392. The number of hydrogen-bond donors (Lipinski definition) is 1. The maximum Gasteiger partial charge on any atom is 0.193 e. The van der Waals surface area contributed by atoms with Gasteiger partial charge in [-0.25, -0.2) is 0 Å². The Hall–Kier alpha value is -1.22. The van der Waals surface area contributed by atoms with Gasteiger partial charge in [-0.1, -0.05) is 0 Å². The average molecular weight is 505 g/mol. The molecule has 7 heteroatoms. The number of rotatable bonds is 12. The molecular formula is C21H36IN3O3. The summed E-state index contributed by atoms with van der Waals surface area (Å²) < 4.78 is 16.5. The van der Waals surface area contributed by atoms with Gasteiger partial charge in [0, 0.05) is 33.4 Å². The molecule has 0 spiro atoms. The number of benzene rings is 1. The topological polar surface area (TPSA) is 55.3 Å². The molecule has 1 aromatic carbocycles. The van der Waals surface area contributed by atoms with E-state index in [2.05, 4.69) is 24.2 Å². The summed E-state index contributed by atoms with van der Waals surface area (Å²) >= 11 is 0. The standard InChI is InChI=1S/C21H35N3O3.HI/c1-5-22-20(23-17-21(11-12-21)13-15-26-6-2)24(3)14-16-27-19-9-7-18(25-4)8-10-19;/h7-10H,5-6,11-17H2,1-4H3,(H,22,23);1H. The smallest absolute Gasteiger partial charge is 0.193 e. The Labute approximate surface area is 187 Å². The molecule has 1 aromatic rings. The third kappa shape index (κ3) is 8.43. The largest absolute Gasteiger partial charge is 0.497 e. The fourth-order valence-electron chi connectivity index (χ4n) is 2.89. The first-order valence-electron chi connectivity index (χ1n) is 9.96. The average Bonchev–Trinajstić information content (AvgIpc) is 3.46. The van der Waals surface area contributed by atoms with Crippen LogP contribution in [0.2, 0.25) is 0 Å². The number of ether oxygens (including phenoxy) is 3. The van der Waals surface area contributed by atoms with Crippen LogP contribution in [0.15, 0.2) is 29.3 Å². The Bertz CT molecular complexity index is 577. The van der Waals surface area contributed by atoms with Crippen molar-refractivity contribution in [3.05, 3.63) is 24.3 Å². The third-order valence-electron chi connectivity index (χ3n) is 4.95. The van der Waals surface area contributed by atoms with Gasteiger partial charge in [0.05, 0.1) is 13.7 Å². The van der Waals surface area contributed by atoms with Crippen LogP contribution in [0, 0.1) is 5.41 Å². The summed E-state index contributed by atoms with van der Waals surface area (Å²) in [7, 11) is 3.72. The first kappa shape index (κ1) is 24.8. The minimum Gasteiger partial charge on any atom is -0.497 e. The number of likely N-dealkylation sites (N-methyl/N-ethyl adjacent to an activating group) is 1. The van der Waals surface area contributed by atoms with Crippen molar-refractivity contribution < 1.29 is 14.2 Å². The maximum absolute atomic E-state index is 5.83. The van der Waals surface area contributed by atoms with Gasteiger partial charge >= 0.3 is 0 Å². The van der Waals surface area contributed by atoms with Crippen molar-refractivity contribution >= 4 is 29.9 Å². The fraction of sp³-hybridized carbons (Fsp3) is 0.667. The summed E-state index contributed by atoms with van der Waals surface area (Å²) in [6, 6.07) is 7.66. The second kappa shape index (κ2) is 13.1. The number of methoxy groups -OCH3 is 1. The van der Waals surface area contributed by atoms with E-state index in [9.17, 15) is 0 Å². The highest BCUT2D eigenvalue weighted by Gasteiger charge is 2.42. The molecular weight excluding hydrogens is 469 g/mol. The molecule has 0 saturated heterocycles. The van der Waals surface area contributed by atoms with Gasteiger partial charge in [0.2, 0.25) is 0 Å². The van der Waals surface area contributed by atoms with Crippen LogP contribution in [0.25, 0.3) is 0 Å². The molecule has 160 valence electrons. The molecule has 0 bridgehead atoms. The monoisotopic (exact) mass is 505 g/mol. The highest BCUT2D eigenvalue weighted by Crippen LogP contribution is 2.49. The van der Waals surface area contributed by atoms with E-state index in [1.54, 1.807) is 7.11 Å². The zero-order valence-corrected chi connectivity index (χ0v) is 20.0. The summed E-state index contributed by atoms with van der Waals surface area (Å²) in [5.74, 6) is 2.62. The van der Waals surface area contributed by atoms with Gasteiger partial charge in [-0.15, -0.1) is 24.0 Å². The first-order chi connectivity index (χ1) is 13.1. The fourth-order valence-corrected chi connectivity index (χ4v) is 2.89. The molecule has 0 amide bonds. The Morgan fingerprint density at radius 1 is 1.14 bits per heavy atom. The predicted octanol–water partition coefficient (Wildman–Crippen LogP) is 3.80. The van der Waals surface area contributed by atoms with Crippen molar-refractivity contribution in [2.75, 3.05) is 53.6 Å². The van der Waals surface area contributed by atoms with Crippen LogP contribution in [0.4, 0.5) is 0 Å². The van der Waals surface area contributed by atoms with Crippen molar-refractivity contribution in [2.45, 2.75) is 33.1 Å². The van der Waals surface area contributed by atoms with E-state index in [0.717, 1.165) is 56.7 Å². The van der Waals surface area contributed by atoms with Gasteiger partial charge in [-0.2, -0.15) is 0 Å². The van der Waals surface area contributed by atoms with Crippen LogP contribution in [-0.2, 0) is 4.74 Å². The molecule has 0 unspecified atom stereocenters. The van der Waals surface area contributed by atoms with E-state index in [-0.39, 0.29) is 24.0 Å². The molecule has 1 fully saturated rings. The van der Waals surface area contributed by atoms with Gasteiger partial charge in [0.15, 0.2) is 5.96 Å². The van der Waals surface area contributed by atoms with E-state index >= 15 is 0 Å². The molecule has 1 saturated carbocycles. The SMILES string of the molecule is CCNC(=NCC1(CCOCC)CC1)N(C)CCOc1ccc(OC)cc1.I. The maximum atomic E-state index is 5.83. The lowest BCUT2D eigenvalue weighted by Gasteiger charge is -2.23. The summed E-state index contributed by atoms with van der Waals surface area (Å²) in [6.07, 6.45) is 3.62. The number of halogens is 1. The van der Waals surface area contributed by atoms with E-state index in [1.807, 2.05) is 31.2 Å². The first-order valence-corrected chi connectivity index (χ1v) is 9.96. The Morgan fingerprint density at radius 2 is 1.82 bits per heavy atom. The van der Waals surface area contributed by atoms with Crippen LogP contribution >= 0.6 is 24.0 Å². The highest BCUT2D eigenvalue weighted by atomic mass is 127. The van der Waals surface area contributed by atoms with Crippen LogP contribution < -0.4 is 14.8 Å². The summed E-state index contributed by atoms with van der Waals surface area (Å²) in [5.41, 5.74) is 0.357. The van der Waals surface area contributed by atoms with E-state index in [4.69, 9.17) is 19.2 Å². The number of nitrogens with one attached hydrogen (secondary N) is 1. The number of aliphatic imine (C=N–C) groups is 1. The molecule has 0 aliphatic heterocycles. The lowest BCUT2D eigenvalue weighted by atomic mass is 10.0. The lowest BCUT2D eigenvalue weighted by Crippen LogP contribution is -2.41. The van der Waals surface area contributed by atoms with Gasteiger partial charge in [0.1, 0.15) is 18.1 Å². The molecule has 1 aliphatic rings. The predicted molar refractivity (Wildman–Crippen MR) is 125 cm³/mol. The van der Waals surface area contributed by atoms with E-state index in [1.165, 1.54) is 12.8 Å². The number of guanidine groups is 1. The van der Waals surface area contributed by atoms with Crippen LogP contribution in [0.1, 0.15) is 33.1 Å². The molecule has 28 heavy (non-hydrogen) atoms. The molecule has 0 heterocycles. The third-order valence-corrected chi connectivity index (χ3v) is 4.95. The summed E-state index contributed by atoms with van der Waals surface area (Å²) in [4.78, 5) is 7.01. The Morgan fingerprint density at radius 3 is 2.39 bits per heavy atom.